The SMILES string of the molecule is O=C(O)CSc1nnc(Cc2ccncc2)n1C1CC1. The first-order valence-corrected chi connectivity index (χ1v) is 7.40. The summed E-state index contributed by atoms with van der Waals surface area (Å²) in [5.74, 6) is 0.0720. The summed E-state index contributed by atoms with van der Waals surface area (Å²) in [6, 6.07) is 4.34. The maximum atomic E-state index is 10.7. The van der Waals surface area contributed by atoms with Gasteiger partial charge < -0.3 is 9.67 Å². The van der Waals surface area contributed by atoms with Crippen LogP contribution < -0.4 is 0 Å². The van der Waals surface area contributed by atoms with E-state index in [2.05, 4.69) is 19.7 Å². The first-order valence-electron chi connectivity index (χ1n) is 6.41. The lowest BCUT2D eigenvalue weighted by Gasteiger charge is -2.07. The Balaban J connectivity index is 1.82. The Hall–Kier alpha value is -1.89. The zero-order valence-corrected chi connectivity index (χ0v) is 11.6. The topological polar surface area (TPSA) is 80.9 Å². The number of carboxylic acid groups (broad SMARTS) is 1. The number of pyridine rings is 1. The average Bonchev–Trinajstić information content (AvgIpc) is 3.20. The van der Waals surface area contributed by atoms with Gasteiger partial charge in [0.25, 0.3) is 0 Å². The van der Waals surface area contributed by atoms with Crippen molar-refractivity contribution in [1.29, 1.82) is 0 Å². The second kappa shape index (κ2) is 5.62. The smallest absolute Gasteiger partial charge is 0.313 e. The van der Waals surface area contributed by atoms with E-state index in [4.69, 9.17) is 5.11 Å². The fourth-order valence-corrected chi connectivity index (χ4v) is 2.78. The van der Waals surface area contributed by atoms with Crippen LogP contribution in [0.25, 0.3) is 0 Å². The van der Waals surface area contributed by atoms with Gasteiger partial charge in [0.2, 0.25) is 0 Å². The van der Waals surface area contributed by atoms with Gasteiger partial charge in [0.05, 0.1) is 5.75 Å². The second-order valence-corrected chi connectivity index (χ2v) is 5.66. The van der Waals surface area contributed by atoms with Crippen LogP contribution in [0.4, 0.5) is 0 Å². The average molecular weight is 290 g/mol. The van der Waals surface area contributed by atoms with Crippen molar-refractivity contribution in [2.45, 2.75) is 30.5 Å². The van der Waals surface area contributed by atoms with Crippen LogP contribution in [0, 0.1) is 0 Å². The molecule has 7 heteroatoms. The molecule has 3 rings (SSSR count). The van der Waals surface area contributed by atoms with Crippen molar-refractivity contribution >= 4 is 17.7 Å². The largest absolute Gasteiger partial charge is 0.481 e. The number of rotatable bonds is 6. The Morgan fingerprint density at radius 3 is 2.75 bits per heavy atom. The van der Waals surface area contributed by atoms with Gasteiger partial charge in [-0.3, -0.25) is 9.78 Å². The van der Waals surface area contributed by atoms with Gasteiger partial charge in [-0.1, -0.05) is 11.8 Å². The number of carbonyl (C=O) groups is 1. The molecule has 20 heavy (non-hydrogen) atoms. The third-order valence-electron chi connectivity index (χ3n) is 3.08. The predicted octanol–water partition coefficient (Wildman–Crippen LogP) is 1.78. The Kier molecular flexibility index (Phi) is 3.68. The summed E-state index contributed by atoms with van der Waals surface area (Å²) in [5, 5.41) is 17.9. The Bertz CT molecular complexity index is 610. The van der Waals surface area contributed by atoms with Crippen molar-refractivity contribution in [3.63, 3.8) is 0 Å². The van der Waals surface area contributed by atoms with Crippen molar-refractivity contribution in [2.24, 2.45) is 0 Å². The molecule has 0 spiro atoms. The molecule has 6 nitrogen and oxygen atoms in total. The zero-order chi connectivity index (χ0) is 13.9. The van der Waals surface area contributed by atoms with E-state index >= 15 is 0 Å². The summed E-state index contributed by atoms with van der Waals surface area (Å²) in [6.07, 6.45) is 6.43. The normalized spacial score (nSPS) is 14.4. The van der Waals surface area contributed by atoms with E-state index in [-0.39, 0.29) is 5.75 Å². The van der Waals surface area contributed by atoms with E-state index < -0.39 is 5.97 Å². The molecule has 0 aromatic carbocycles. The van der Waals surface area contributed by atoms with Crippen LogP contribution in [0.5, 0.6) is 0 Å². The summed E-state index contributed by atoms with van der Waals surface area (Å²) in [5.41, 5.74) is 1.13. The summed E-state index contributed by atoms with van der Waals surface area (Å²) in [7, 11) is 0. The van der Waals surface area contributed by atoms with Crippen molar-refractivity contribution in [2.75, 3.05) is 5.75 Å². The number of hydrogen-bond acceptors (Lipinski definition) is 5. The molecule has 0 amide bonds. The van der Waals surface area contributed by atoms with Gasteiger partial charge in [-0.25, -0.2) is 0 Å². The molecule has 0 atom stereocenters. The Morgan fingerprint density at radius 1 is 1.35 bits per heavy atom. The fourth-order valence-electron chi connectivity index (χ4n) is 2.04. The number of nitrogens with zero attached hydrogens (tertiary/aromatic N) is 4. The van der Waals surface area contributed by atoms with Crippen LogP contribution in [-0.4, -0.2) is 36.6 Å². The monoisotopic (exact) mass is 290 g/mol. The highest BCUT2D eigenvalue weighted by Crippen LogP contribution is 2.39. The molecule has 1 fully saturated rings. The highest BCUT2D eigenvalue weighted by molar-refractivity contribution is 7.99. The van der Waals surface area contributed by atoms with Crippen LogP contribution in [0.1, 0.15) is 30.3 Å². The first-order chi connectivity index (χ1) is 9.74. The van der Waals surface area contributed by atoms with E-state index in [1.54, 1.807) is 12.4 Å². The van der Waals surface area contributed by atoms with E-state index in [1.807, 2.05) is 12.1 Å². The number of aromatic nitrogens is 4. The van der Waals surface area contributed by atoms with Crippen LogP contribution in [0.15, 0.2) is 29.7 Å². The number of hydrogen-bond donors (Lipinski definition) is 1. The molecule has 0 saturated heterocycles. The highest BCUT2D eigenvalue weighted by atomic mass is 32.2. The van der Waals surface area contributed by atoms with Crippen molar-refractivity contribution in [3.8, 4) is 0 Å². The molecule has 2 aromatic heterocycles. The minimum atomic E-state index is -0.837. The third kappa shape index (κ3) is 2.98. The molecule has 1 saturated carbocycles. The Morgan fingerprint density at radius 2 is 2.10 bits per heavy atom. The third-order valence-corrected chi connectivity index (χ3v) is 4.01. The van der Waals surface area contributed by atoms with E-state index in [9.17, 15) is 4.79 Å². The molecule has 0 aliphatic heterocycles. The van der Waals surface area contributed by atoms with Crippen LogP contribution in [-0.2, 0) is 11.2 Å². The first kappa shape index (κ1) is 13.1. The van der Waals surface area contributed by atoms with Crippen LogP contribution in [0.2, 0.25) is 0 Å². The lowest BCUT2D eigenvalue weighted by atomic mass is 10.2. The molecule has 0 radical (unpaired) electrons. The predicted molar refractivity (Wildman–Crippen MR) is 73.7 cm³/mol. The van der Waals surface area contributed by atoms with Gasteiger partial charge in [0, 0.05) is 24.9 Å². The van der Waals surface area contributed by atoms with Gasteiger partial charge in [0.15, 0.2) is 5.16 Å². The number of aliphatic carboxylic acids is 1. The van der Waals surface area contributed by atoms with Crippen molar-refractivity contribution < 1.29 is 9.90 Å². The summed E-state index contributed by atoms with van der Waals surface area (Å²) < 4.78 is 2.09. The minimum Gasteiger partial charge on any atom is -0.481 e. The van der Waals surface area contributed by atoms with Gasteiger partial charge >= 0.3 is 5.97 Å². The van der Waals surface area contributed by atoms with Gasteiger partial charge in [-0.2, -0.15) is 0 Å². The lowest BCUT2D eigenvalue weighted by Crippen LogP contribution is -2.06. The van der Waals surface area contributed by atoms with E-state index in [0.717, 1.165) is 24.2 Å². The molecule has 0 unspecified atom stereocenters. The van der Waals surface area contributed by atoms with Gasteiger partial charge in [-0.15, -0.1) is 10.2 Å². The maximum Gasteiger partial charge on any atom is 0.313 e. The van der Waals surface area contributed by atoms with Crippen LogP contribution >= 0.6 is 11.8 Å². The Labute approximate surface area is 120 Å². The summed E-state index contributed by atoms with van der Waals surface area (Å²) in [4.78, 5) is 14.7. The molecule has 1 N–H and O–H groups in total. The standard InChI is InChI=1S/C13H14N4O2S/c18-12(19)8-20-13-16-15-11(17(13)10-1-2-10)7-9-3-5-14-6-4-9/h3-6,10H,1-2,7-8H2,(H,18,19). The molecule has 1 aliphatic rings. The molecular weight excluding hydrogens is 276 g/mol. The highest BCUT2D eigenvalue weighted by Gasteiger charge is 2.29. The van der Waals surface area contributed by atoms with Crippen molar-refractivity contribution in [3.05, 3.63) is 35.9 Å². The van der Waals surface area contributed by atoms with Gasteiger partial charge in [-0.05, 0) is 30.5 Å². The number of thioether (sulfide) groups is 1. The molecular formula is C13H14N4O2S. The van der Waals surface area contributed by atoms with E-state index in [0.29, 0.717) is 17.6 Å². The van der Waals surface area contributed by atoms with Gasteiger partial charge in [0.1, 0.15) is 5.82 Å². The lowest BCUT2D eigenvalue weighted by molar-refractivity contribution is -0.133. The van der Waals surface area contributed by atoms with E-state index in [1.165, 1.54) is 11.8 Å². The molecule has 2 heterocycles. The maximum absolute atomic E-state index is 10.7. The summed E-state index contributed by atoms with van der Waals surface area (Å²) in [6.45, 7) is 0. The quantitative estimate of drug-likeness (QED) is 0.817. The molecule has 1 aliphatic carbocycles. The second-order valence-electron chi connectivity index (χ2n) is 4.71. The zero-order valence-electron chi connectivity index (χ0n) is 10.8. The number of carboxylic acids is 1. The van der Waals surface area contributed by atoms with Crippen LogP contribution in [0.3, 0.4) is 0 Å². The summed E-state index contributed by atoms with van der Waals surface area (Å²) >= 11 is 1.23. The fraction of sp³-hybridized carbons (Fsp3) is 0.385. The minimum absolute atomic E-state index is 0.0140. The molecule has 104 valence electrons. The molecule has 0 bridgehead atoms. The molecule has 2 aromatic rings. The van der Waals surface area contributed by atoms with Crippen molar-refractivity contribution in [1.82, 2.24) is 19.7 Å².